The number of para-hydroxylation sites is 1. The van der Waals surface area contributed by atoms with Gasteiger partial charge < -0.3 is 25.3 Å². The van der Waals surface area contributed by atoms with Gasteiger partial charge in [-0.2, -0.15) is 0 Å². The Morgan fingerprint density at radius 3 is 2.88 bits per heavy atom. The van der Waals surface area contributed by atoms with E-state index in [0.717, 1.165) is 44.2 Å². The molecule has 1 aliphatic heterocycles. The van der Waals surface area contributed by atoms with Crippen molar-refractivity contribution in [3.63, 3.8) is 0 Å². The highest BCUT2D eigenvalue weighted by molar-refractivity contribution is 5.77. The number of rotatable bonds is 9. The summed E-state index contributed by atoms with van der Waals surface area (Å²) < 4.78 is 16.3. The monoisotopic (exact) mass is 336 g/mol. The van der Waals surface area contributed by atoms with E-state index in [9.17, 15) is 0 Å². The van der Waals surface area contributed by atoms with Gasteiger partial charge in [0, 0.05) is 38.9 Å². The number of methoxy groups -OCH3 is 1. The van der Waals surface area contributed by atoms with Crippen molar-refractivity contribution >= 4 is 5.96 Å². The third-order valence-corrected chi connectivity index (χ3v) is 3.77. The first-order valence-electron chi connectivity index (χ1n) is 8.33. The van der Waals surface area contributed by atoms with Gasteiger partial charge in [0.15, 0.2) is 5.96 Å². The quantitative estimate of drug-likeness (QED) is 0.387. The summed E-state index contributed by atoms with van der Waals surface area (Å²) in [5.74, 6) is 1.27. The van der Waals surface area contributed by atoms with Crippen molar-refractivity contribution in [2.24, 2.45) is 10.7 Å². The first-order chi connectivity index (χ1) is 11.8. The number of hydrogen-bond donors (Lipinski definition) is 2. The van der Waals surface area contributed by atoms with Crippen LogP contribution in [0.5, 0.6) is 5.75 Å². The van der Waals surface area contributed by atoms with Gasteiger partial charge in [0.2, 0.25) is 0 Å². The molecule has 2 rings (SSSR count). The fourth-order valence-corrected chi connectivity index (χ4v) is 2.39. The maximum Gasteiger partial charge on any atom is 0.189 e. The molecule has 1 aliphatic rings. The molecule has 0 aromatic heterocycles. The highest BCUT2D eigenvalue weighted by Gasteiger charge is 2.10. The molecule has 1 fully saturated rings. The average Bonchev–Trinajstić information content (AvgIpc) is 2.62. The number of aliphatic imine (C=N–C) groups is 1. The highest BCUT2D eigenvalue weighted by atomic mass is 16.5. The lowest BCUT2D eigenvalue weighted by Crippen LogP contribution is -2.38. The topological polar surface area (TPSA) is 81.3 Å². The molecule has 1 saturated heterocycles. The summed E-state index contributed by atoms with van der Waals surface area (Å²) in [6, 6.07) is 7.93. The zero-order valence-corrected chi connectivity index (χ0v) is 14.4. The first-order valence-corrected chi connectivity index (χ1v) is 8.33. The Hall–Kier alpha value is -1.83. The zero-order valence-electron chi connectivity index (χ0n) is 14.4. The van der Waals surface area contributed by atoms with Gasteiger partial charge in [-0.25, -0.2) is 4.99 Å². The van der Waals surface area contributed by atoms with Crippen LogP contribution in [0, 0.1) is 0 Å². The number of ether oxygens (including phenoxy) is 3. The third kappa shape index (κ3) is 6.74. The number of nitrogens with two attached hydrogens (primary N) is 1. The molecule has 24 heavy (non-hydrogen) atoms. The second-order valence-corrected chi connectivity index (χ2v) is 5.53. The minimum absolute atomic E-state index is 0.412. The summed E-state index contributed by atoms with van der Waals surface area (Å²) in [6.07, 6.45) is 0. The van der Waals surface area contributed by atoms with E-state index in [2.05, 4.69) is 15.2 Å². The molecule has 1 aromatic carbocycles. The summed E-state index contributed by atoms with van der Waals surface area (Å²) in [6.45, 7) is 6.84. The highest BCUT2D eigenvalue weighted by Crippen LogP contribution is 2.18. The molecule has 0 bridgehead atoms. The maximum absolute atomic E-state index is 5.94. The van der Waals surface area contributed by atoms with Crippen LogP contribution in [0.2, 0.25) is 0 Å². The fraction of sp³-hybridized carbons (Fsp3) is 0.588. The summed E-state index contributed by atoms with van der Waals surface area (Å²) in [7, 11) is 1.65. The van der Waals surface area contributed by atoms with Crippen molar-refractivity contribution in [1.82, 2.24) is 10.2 Å². The molecule has 134 valence electrons. The standard InChI is InChI=1S/C17H28N4O3/c1-22-10-6-19-17(18)20-14-15-4-2-3-5-16(15)24-13-9-21-7-11-23-12-8-21/h2-5H,6-14H2,1H3,(H3,18,19,20). The maximum atomic E-state index is 5.94. The minimum Gasteiger partial charge on any atom is -0.492 e. The number of nitrogens with one attached hydrogen (secondary N) is 1. The van der Waals surface area contributed by atoms with E-state index in [1.165, 1.54) is 0 Å². The fourth-order valence-electron chi connectivity index (χ4n) is 2.39. The Balaban J connectivity index is 1.79. The van der Waals surface area contributed by atoms with E-state index in [-0.39, 0.29) is 0 Å². The predicted octanol–water partition coefficient (Wildman–Crippen LogP) is 0.448. The van der Waals surface area contributed by atoms with Crippen molar-refractivity contribution in [1.29, 1.82) is 0 Å². The summed E-state index contributed by atoms with van der Waals surface area (Å²) in [5.41, 5.74) is 6.86. The number of guanidine groups is 1. The molecule has 7 nitrogen and oxygen atoms in total. The van der Waals surface area contributed by atoms with Crippen LogP contribution >= 0.6 is 0 Å². The van der Waals surface area contributed by atoms with Crippen LogP contribution in [0.1, 0.15) is 5.56 Å². The van der Waals surface area contributed by atoms with Crippen LogP contribution in [-0.2, 0) is 16.0 Å². The van der Waals surface area contributed by atoms with Crippen LogP contribution in [0.25, 0.3) is 0 Å². The van der Waals surface area contributed by atoms with E-state index >= 15 is 0 Å². The molecule has 7 heteroatoms. The van der Waals surface area contributed by atoms with Gasteiger partial charge in [-0.1, -0.05) is 18.2 Å². The number of nitrogens with zero attached hydrogens (tertiary/aromatic N) is 2. The van der Waals surface area contributed by atoms with Gasteiger partial charge in [-0.3, -0.25) is 4.90 Å². The molecule has 0 saturated carbocycles. The molecule has 0 unspecified atom stereocenters. The van der Waals surface area contributed by atoms with Gasteiger partial charge in [-0.05, 0) is 6.07 Å². The van der Waals surface area contributed by atoms with Crippen molar-refractivity contribution in [3.8, 4) is 5.75 Å². The van der Waals surface area contributed by atoms with E-state index in [1.54, 1.807) is 7.11 Å². The second kappa shape index (κ2) is 10.9. The average molecular weight is 336 g/mol. The number of hydrogen-bond acceptors (Lipinski definition) is 5. The van der Waals surface area contributed by atoms with Crippen LogP contribution in [-0.4, -0.2) is 70.6 Å². The third-order valence-electron chi connectivity index (χ3n) is 3.77. The summed E-state index contributed by atoms with van der Waals surface area (Å²) >= 11 is 0. The number of benzene rings is 1. The minimum atomic E-state index is 0.412. The zero-order chi connectivity index (χ0) is 17.0. The molecule has 0 atom stereocenters. The first kappa shape index (κ1) is 18.5. The van der Waals surface area contributed by atoms with Crippen LogP contribution in [0.4, 0.5) is 0 Å². The molecular formula is C17H28N4O3. The molecule has 0 radical (unpaired) electrons. The molecule has 0 amide bonds. The Morgan fingerprint density at radius 1 is 1.29 bits per heavy atom. The van der Waals surface area contributed by atoms with E-state index in [1.807, 2.05) is 24.3 Å². The van der Waals surface area contributed by atoms with Crippen LogP contribution < -0.4 is 15.8 Å². The molecule has 0 spiro atoms. The largest absolute Gasteiger partial charge is 0.492 e. The van der Waals surface area contributed by atoms with Gasteiger partial charge in [0.1, 0.15) is 12.4 Å². The van der Waals surface area contributed by atoms with Crippen LogP contribution in [0.3, 0.4) is 0 Å². The molecule has 1 aromatic rings. The lowest BCUT2D eigenvalue weighted by Gasteiger charge is -2.26. The van der Waals surface area contributed by atoms with E-state index < -0.39 is 0 Å². The van der Waals surface area contributed by atoms with Gasteiger partial charge >= 0.3 is 0 Å². The van der Waals surface area contributed by atoms with Gasteiger partial charge in [-0.15, -0.1) is 0 Å². The molecule has 1 heterocycles. The van der Waals surface area contributed by atoms with Crippen molar-refractivity contribution in [2.45, 2.75) is 6.54 Å². The molecule has 3 N–H and O–H groups in total. The summed E-state index contributed by atoms with van der Waals surface area (Å²) in [4.78, 5) is 6.69. The van der Waals surface area contributed by atoms with E-state index in [4.69, 9.17) is 19.9 Å². The predicted molar refractivity (Wildman–Crippen MR) is 94.4 cm³/mol. The molecular weight excluding hydrogens is 308 g/mol. The van der Waals surface area contributed by atoms with Crippen molar-refractivity contribution in [2.75, 3.05) is 59.7 Å². The van der Waals surface area contributed by atoms with Crippen molar-refractivity contribution in [3.05, 3.63) is 29.8 Å². The lowest BCUT2D eigenvalue weighted by molar-refractivity contribution is 0.0322. The SMILES string of the molecule is COCCNC(N)=NCc1ccccc1OCCN1CCOCC1. The Labute approximate surface area is 143 Å². The van der Waals surface area contributed by atoms with Crippen LogP contribution in [0.15, 0.2) is 29.3 Å². The normalized spacial score (nSPS) is 16.1. The Morgan fingerprint density at radius 2 is 2.08 bits per heavy atom. The molecule has 0 aliphatic carbocycles. The summed E-state index contributed by atoms with van der Waals surface area (Å²) in [5, 5.41) is 3.00. The Kier molecular flexibility index (Phi) is 8.37. The lowest BCUT2D eigenvalue weighted by atomic mass is 10.2. The second-order valence-electron chi connectivity index (χ2n) is 5.53. The number of morpholine rings is 1. The smallest absolute Gasteiger partial charge is 0.189 e. The van der Waals surface area contributed by atoms with Gasteiger partial charge in [0.05, 0.1) is 26.4 Å². The van der Waals surface area contributed by atoms with Crippen molar-refractivity contribution < 1.29 is 14.2 Å². The van der Waals surface area contributed by atoms with E-state index in [0.29, 0.717) is 32.3 Å². The Bertz CT molecular complexity index is 504. The van der Waals surface area contributed by atoms with Gasteiger partial charge in [0.25, 0.3) is 0 Å².